The Morgan fingerprint density at radius 2 is 1.90 bits per heavy atom. The van der Waals surface area contributed by atoms with E-state index in [9.17, 15) is 4.79 Å². The van der Waals surface area contributed by atoms with E-state index in [2.05, 4.69) is 4.90 Å². The van der Waals surface area contributed by atoms with E-state index < -0.39 is 0 Å². The summed E-state index contributed by atoms with van der Waals surface area (Å²) < 4.78 is 5.33. The third-order valence-corrected chi connectivity index (χ3v) is 3.94. The number of hydrogen-bond donors (Lipinski definition) is 0. The first-order chi connectivity index (χ1) is 9.66. The van der Waals surface area contributed by atoms with Crippen LogP contribution in [-0.4, -0.2) is 56.1 Å². The van der Waals surface area contributed by atoms with Gasteiger partial charge in [0.25, 0.3) is 5.91 Å². The van der Waals surface area contributed by atoms with Gasteiger partial charge >= 0.3 is 0 Å². The molecular weight excluding hydrogens is 272 g/mol. The molecule has 5 heteroatoms. The fraction of sp³-hybridized carbons (Fsp3) is 0.400. The van der Waals surface area contributed by atoms with Crippen LogP contribution in [0.1, 0.15) is 0 Å². The maximum absolute atomic E-state index is 12.3. The van der Waals surface area contributed by atoms with Gasteiger partial charge < -0.3 is 14.5 Å². The molecule has 20 heavy (non-hydrogen) atoms. The SMILES string of the molecule is CN(C)C(=O)/C(=C/N1CCOCC1)Sc1ccccc1. The zero-order valence-corrected chi connectivity index (χ0v) is 12.7. The molecule has 1 fully saturated rings. The van der Waals surface area contributed by atoms with Crippen molar-refractivity contribution in [3.8, 4) is 0 Å². The summed E-state index contributed by atoms with van der Waals surface area (Å²) in [5.74, 6) is 0.0327. The van der Waals surface area contributed by atoms with Crippen molar-refractivity contribution in [3.05, 3.63) is 41.4 Å². The van der Waals surface area contributed by atoms with Crippen LogP contribution < -0.4 is 0 Å². The zero-order chi connectivity index (χ0) is 14.4. The van der Waals surface area contributed by atoms with Crippen molar-refractivity contribution in [2.24, 2.45) is 0 Å². The van der Waals surface area contributed by atoms with E-state index >= 15 is 0 Å². The number of morpholine rings is 1. The quantitative estimate of drug-likeness (QED) is 0.628. The molecule has 1 aliphatic rings. The van der Waals surface area contributed by atoms with Crippen LogP contribution in [-0.2, 0) is 9.53 Å². The predicted octanol–water partition coefficient (Wildman–Crippen LogP) is 2.04. The minimum absolute atomic E-state index is 0.0327. The second kappa shape index (κ2) is 7.36. The molecular formula is C15H20N2O2S. The Bertz CT molecular complexity index is 468. The second-order valence-corrected chi connectivity index (χ2v) is 5.87. The lowest BCUT2D eigenvalue weighted by Gasteiger charge is -2.26. The third kappa shape index (κ3) is 4.28. The first kappa shape index (κ1) is 14.9. The minimum Gasteiger partial charge on any atom is -0.378 e. The normalized spacial score (nSPS) is 16.1. The average molecular weight is 292 g/mol. The number of amides is 1. The summed E-state index contributed by atoms with van der Waals surface area (Å²) in [6, 6.07) is 9.97. The molecule has 108 valence electrons. The highest BCUT2D eigenvalue weighted by Gasteiger charge is 2.16. The van der Waals surface area contributed by atoms with Gasteiger partial charge in [-0.25, -0.2) is 0 Å². The summed E-state index contributed by atoms with van der Waals surface area (Å²) in [5, 5.41) is 0. The average Bonchev–Trinajstić information content (AvgIpc) is 2.48. The van der Waals surface area contributed by atoms with Gasteiger partial charge in [0.15, 0.2) is 0 Å². The Labute approximate surface area is 124 Å². The van der Waals surface area contributed by atoms with Gasteiger partial charge in [0.05, 0.1) is 18.1 Å². The highest BCUT2D eigenvalue weighted by Crippen LogP contribution is 2.28. The first-order valence-corrected chi connectivity index (χ1v) is 7.46. The Kier molecular flexibility index (Phi) is 5.49. The highest BCUT2D eigenvalue weighted by atomic mass is 32.2. The largest absolute Gasteiger partial charge is 0.378 e. The molecule has 0 bridgehead atoms. The van der Waals surface area contributed by atoms with Gasteiger partial charge in [-0.05, 0) is 12.1 Å². The van der Waals surface area contributed by atoms with E-state index in [0.717, 1.165) is 36.1 Å². The molecule has 1 aromatic rings. The highest BCUT2D eigenvalue weighted by molar-refractivity contribution is 8.04. The van der Waals surface area contributed by atoms with Crippen molar-refractivity contribution < 1.29 is 9.53 Å². The molecule has 0 aliphatic carbocycles. The van der Waals surface area contributed by atoms with Crippen LogP contribution in [0.15, 0.2) is 46.3 Å². The molecule has 0 aromatic heterocycles. The van der Waals surface area contributed by atoms with Gasteiger partial charge in [-0.1, -0.05) is 30.0 Å². The van der Waals surface area contributed by atoms with Crippen LogP contribution in [0.25, 0.3) is 0 Å². The summed E-state index contributed by atoms with van der Waals surface area (Å²) in [6.07, 6.45) is 1.96. The van der Waals surface area contributed by atoms with Crippen molar-refractivity contribution in [2.75, 3.05) is 40.4 Å². The van der Waals surface area contributed by atoms with Crippen LogP contribution in [0.4, 0.5) is 0 Å². The van der Waals surface area contributed by atoms with Gasteiger partial charge in [0.1, 0.15) is 0 Å². The molecule has 0 N–H and O–H groups in total. The fourth-order valence-electron chi connectivity index (χ4n) is 1.83. The lowest BCUT2D eigenvalue weighted by atomic mass is 10.4. The molecule has 0 unspecified atom stereocenters. The third-order valence-electron chi connectivity index (χ3n) is 2.93. The maximum atomic E-state index is 12.3. The van der Waals surface area contributed by atoms with Gasteiger partial charge in [-0.3, -0.25) is 4.79 Å². The molecule has 2 rings (SSSR count). The molecule has 1 heterocycles. The van der Waals surface area contributed by atoms with Crippen LogP contribution in [0.5, 0.6) is 0 Å². The van der Waals surface area contributed by atoms with Crippen molar-refractivity contribution in [2.45, 2.75) is 4.90 Å². The Balaban J connectivity index is 2.15. The van der Waals surface area contributed by atoms with Gasteiger partial charge in [0.2, 0.25) is 0 Å². The lowest BCUT2D eigenvalue weighted by Crippen LogP contribution is -2.33. The smallest absolute Gasteiger partial charge is 0.261 e. The summed E-state index contributed by atoms with van der Waals surface area (Å²) in [4.78, 5) is 17.9. The van der Waals surface area contributed by atoms with Gasteiger partial charge in [-0.15, -0.1) is 0 Å². The number of ether oxygens (including phenoxy) is 1. The van der Waals surface area contributed by atoms with E-state index in [0.29, 0.717) is 0 Å². The van der Waals surface area contributed by atoms with Crippen molar-refractivity contribution in [3.63, 3.8) is 0 Å². The molecule has 0 spiro atoms. The van der Waals surface area contributed by atoms with Crippen molar-refractivity contribution in [1.29, 1.82) is 0 Å². The summed E-state index contributed by atoms with van der Waals surface area (Å²) in [6.45, 7) is 3.10. The first-order valence-electron chi connectivity index (χ1n) is 6.65. The Hall–Kier alpha value is -1.46. The van der Waals surface area contributed by atoms with E-state index in [1.54, 1.807) is 19.0 Å². The summed E-state index contributed by atoms with van der Waals surface area (Å²) in [7, 11) is 3.56. The number of benzene rings is 1. The zero-order valence-electron chi connectivity index (χ0n) is 11.9. The van der Waals surface area contributed by atoms with E-state index in [1.165, 1.54) is 11.8 Å². The predicted molar refractivity (Wildman–Crippen MR) is 81.5 cm³/mol. The van der Waals surface area contributed by atoms with E-state index in [1.807, 2.05) is 36.5 Å². The number of rotatable bonds is 4. The monoisotopic (exact) mass is 292 g/mol. The molecule has 1 aromatic carbocycles. The number of carbonyl (C=O) groups is 1. The molecule has 1 amide bonds. The van der Waals surface area contributed by atoms with Gasteiger partial charge in [-0.2, -0.15) is 0 Å². The second-order valence-electron chi connectivity index (χ2n) is 4.76. The van der Waals surface area contributed by atoms with Crippen LogP contribution >= 0.6 is 11.8 Å². The lowest BCUT2D eigenvalue weighted by molar-refractivity contribution is -0.124. The molecule has 0 saturated carbocycles. The molecule has 0 radical (unpaired) electrons. The van der Waals surface area contributed by atoms with E-state index in [-0.39, 0.29) is 5.91 Å². The topological polar surface area (TPSA) is 32.8 Å². The Morgan fingerprint density at radius 1 is 1.25 bits per heavy atom. The maximum Gasteiger partial charge on any atom is 0.261 e. The van der Waals surface area contributed by atoms with Gasteiger partial charge in [0, 0.05) is 38.3 Å². The van der Waals surface area contributed by atoms with Crippen molar-refractivity contribution >= 4 is 17.7 Å². The standard InChI is InChI=1S/C15H20N2O2S/c1-16(2)15(18)14(12-17-8-10-19-11-9-17)20-13-6-4-3-5-7-13/h3-7,12H,8-11H2,1-2H3/b14-12-. The van der Waals surface area contributed by atoms with Crippen LogP contribution in [0.2, 0.25) is 0 Å². The summed E-state index contributed by atoms with van der Waals surface area (Å²) in [5.41, 5.74) is 0. The van der Waals surface area contributed by atoms with Crippen molar-refractivity contribution in [1.82, 2.24) is 9.80 Å². The summed E-state index contributed by atoms with van der Waals surface area (Å²) >= 11 is 1.51. The molecule has 4 nitrogen and oxygen atoms in total. The number of likely N-dealkylation sites (N-methyl/N-ethyl adjacent to an activating group) is 1. The van der Waals surface area contributed by atoms with E-state index in [4.69, 9.17) is 4.74 Å². The molecule has 1 aliphatic heterocycles. The Morgan fingerprint density at radius 3 is 2.50 bits per heavy atom. The number of hydrogen-bond acceptors (Lipinski definition) is 4. The fourth-order valence-corrected chi connectivity index (χ4v) is 2.85. The minimum atomic E-state index is 0.0327. The molecule has 1 saturated heterocycles. The number of nitrogens with zero attached hydrogens (tertiary/aromatic N) is 2. The van der Waals surface area contributed by atoms with Crippen LogP contribution in [0, 0.1) is 0 Å². The number of thioether (sulfide) groups is 1. The molecule has 0 atom stereocenters. The number of carbonyl (C=O) groups excluding carboxylic acids is 1. The van der Waals surface area contributed by atoms with Crippen LogP contribution in [0.3, 0.4) is 0 Å².